The van der Waals surface area contributed by atoms with Crippen LogP contribution in [0.2, 0.25) is 0 Å². The number of aryl methyl sites for hydroxylation is 2. The maximum Gasteiger partial charge on any atom is 0.230 e. The van der Waals surface area contributed by atoms with Crippen molar-refractivity contribution in [3.63, 3.8) is 0 Å². The van der Waals surface area contributed by atoms with Crippen LogP contribution in [-0.4, -0.2) is 9.97 Å². The SMILES string of the molecule is Cc1cc(COc2ccccc2)cc(C)c1Oc1ccnc(Nc2ccc(C#N)cc2)n1. The number of hydrogen-bond donors (Lipinski definition) is 1. The standard InChI is InChI=1S/C26H22N4O2/c1-18-14-21(17-31-23-6-4-3-5-7-23)15-19(2)25(18)32-24-12-13-28-26(30-24)29-22-10-8-20(16-27)9-11-22/h3-15H,17H2,1-2H3,(H,28,29,30). The molecule has 6 nitrogen and oxygen atoms in total. The molecule has 0 saturated carbocycles. The van der Waals surface area contributed by atoms with Crippen LogP contribution >= 0.6 is 0 Å². The van der Waals surface area contributed by atoms with Gasteiger partial charge >= 0.3 is 0 Å². The second-order valence-corrected chi connectivity index (χ2v) is 7.30. The molecule has 0 unspecified atom stereocenters. The molecule has 4 rings (SSSR count). The number of para-hydroxylation sites is 1. The Labute approximate surface area is 187 Å². The highest BCUT2D eigenvalue weighted by molar-refractivity contribution is 5.55. The van der Waals surface area contributed by atoms with Crippen LogP contribution < -0.4 is 14.8 Å². The minimum Gasteiger partial charge on any atom is -0.489 e. The molecule has 0 saturated heterocycles. The minimum absolute atomic E-state index is 0.412. The van der Waals surface area contributed by atoms with Crippen molar-refractivity contribution in [3.8, 4) is 23.4 Å². The Balaban J connectivity index is 1.46. The summed E-state index contributed by atoms with van der Waals surface area (Å²) in [5.74, 6) is 2.45. The third-order valence-corrected chi connectivity index (χ3v) is 4.78. The van der Waals surface area contributed by atoms with Crippen LogP contribution in [0.25, 0.3) is 0 Å². The Kier molecular flexibility index (Phi) is 6.28. The summed E-state index contributed by atoms with van der Waals surface area (Å²) in [4.78, 5) is 8.70. The van der Waals surface area contributed by atoms with Crippen molar-refractivity contribution in [1.29, 1.82) is 5.26 Å². The second kappa shape index (κ2) is 9.63. The van der Waals surface area contributed by atoms with Crippen molar-refractivity contribution < 1.29 is 9.47 Å². The predicted octanol–water partition coefficient (Wildman–Crippen LogP) is 6.08. The van der Waals surface area contributed by atoms with Crippen molar-refractivity contribution in [2.24, 2.45) is 0 Å². The number of aromatic nitrogens is 2. The Morgan fingerprint density at radius 3 is 2.34 bits per heavy atom. The van der Waals surface area contributed by atoms with E-state index in [4.69, 9.17) is 14.7 Å². The predicted molar refractivity (Wildman–Crippen MR) is 123 cm³/mol. The zero-order valence-corrected chi connectivity index (χ0v) is 17.9. The molecule has 0 radical (unpaired) electrons. The van der Waals surface area contributed by atoms with Crippen molar-refractivity contribution >= 4 is 11.6 Å². The average molecular weight is 422 g/mol. The molecular formula is C26H22N4O2. The monoisotopic (exact) mass is 422 g/mol. The lowest BCUT2D eigenvalue weighted by Gasteiger charge is -2.14. The van der Waals surface area contributed by atoms with Crippen molar-refractivity contribution in [2.75, 3.05) is 5.32 Å². The molecule has 0 aliphatic carbocycles. The molecule has 0 spiro atoms. The number of anilines is 2. The normalized spacial score (nSPS) is 10.3. The summed E-state index contributed by atoms with van der Waals surface area (Å²) < 4.78 is 12.0. The van der Waals surface area contributed by atoms with E-state index in [1.807, 2.05) is 44.2 Å². The maximum absolute atomic E-state index is 8.92. The van der Waals surface area contributed by atoms with E-state index in [2.05, 4.69) is 33.5 Å². The molecule has 0 atom stereocenters. The maximum atomic E-state index is 8.92. The molecule has 0 bridgehead atoms. The molecular weight excluding hydrogens is 400 g/mol. The largest absolute Gasteiger partial charge is 0.489 e. The topological polar surface area (TPSA) is 80.1 Å². The summed E-state index contributed by atoms with van der Waals surface area (Å²) >= 11 is 0. The molecule has 32 heavy (non-hydrogen) atoms. The summed E-state index contributed by atoms with van der Waals surface area (Å²) in [7, 11) is 0. The van der Waals surface area contributed by atoms with E-state index in [1.54, 1.807) is 36.5 Å². The van der Waals surface area contributed by atoms with Crippen molar-refractivity contribution in [2.45, 2.75) is 20.5 Å². The van der Waals surface area contributed by atoms with Crippen LogP contribution in [0.3, 0.4) is 0 Å². The zero-order chi connectivity index (χ0) is 22.3. The lowest BCUT2D eigenvalue weighted by molar-refractivity contribution is 0.306. The quantitative estimate of drug-likeness (QED) is 0.389. The number of nitriles is 1. The number of nitrogens with zero attached hydrogens (tertiary/aromatic N) is 3. The summed E-state index contributed by atoms with van der Waals surface area (Å²) in [6, 6.07) is 24.8. The third-order valence-electron chi connectivity index (χ3n) is 4.78. The van der Waals surface area contributed by atoms with Crippen molar-refractivity contribution in [3.05, 3.63) is 101 Å². The van der Waals surface area contributed by atoms with Gasteiger partial charge in [0.05, 0.1) is 11.6 Å². The first-order chi connectivity index (χ1) is 15.6. The van der Waals surface area contributed by atoms with Crippen LogP contribution in [-0.2, 0) is 6.61 Å². The van der Waals surface area contributed by atoms with Gasteiger partial charge in [-0.2, -0.15) is 10.2 Å². The molecule has 0 aliphatic rings. The van der Waals surface area contributed by atoms with Gasteiger partial charge in [0, 0.05) is 18.0 Å². The fourth-order valence-corrected chi connectivity index (χ4v) is 3.29. The molecule has 6 heteroatoms. The molecule has 1 aromatic heterocycles. The fourth-order valence-electron chi connectivity index (χ4n) is 3.29. The fraction of sp³-hybridized carbons (Fsp3) is 0.115. The Morgan fingerprint density at radius 2 is 1.66 bits per heavy atom. The molecule has 4 aromatic rings. The van der Waals surface area contributed by atoms with Gasteiger partial charge in [-0.15, -0.1) is 0 Å². The number of rotatable bonds is 7. The molecule has 0 fully saturated rings. The molecule has 3 aromatic carbocycles. The highest BCUT2D eigenvalue weighted by Gasteiger charge is 2.10. The average Bonchev–Trinajstić information content (AvgIpc) is 2.81. The summed E-state index contributed by atoms with van der Waals surface area (Å²) in [5, 5.41) is 12.0. The van der Waals surface area contributed by atoms with Gasteiger partial charge in [-0.3, -0.25) is 0 Å². The van der Waals surface area contributed by atoms with Gasteiger partial charge in [-0.25, -0.2) is 4.98 Å². The highest BCUT2D eigenvalue weighted by Crippen LogP contribution is 2.30. The minimum atomic E-state index is 0.412. The molecule has 0 aliphatic heterocycles. The van der Waals surface area contributed by atoms with Gasteiger partial charge in [-0.1, -0.05) is 18.2 Å². The summed E-state index contributed by atoms with van der Waals surface area (Å²) in [6.07, 6.45) is 1.64. The van der Waals surface area contributed by atoms with Crippen molar-refractivity contribution in [1.82, 2.24) is 9.97 Å². The van der Waals surface area contributed by atoms with Crippen LogP contribution in [0, 0.1) is 25.2 Å². The summed E-state index contributed by atoms with van der Waals surface area (Å²) in [5.41, 5.74) is 4.45. The van der Waals surface area contributed by atoms with Crippen LogP contribution in [0.5, 0.6) is 17.4 Å². The van der Waals surface area contributed by atoms with Gasteiger partial charge in [0.25, 0.3) is 0 Å². The van der Waals surface area contributed by atoms with E-state index < -0.39 is 0 Å². The third kappa shape index (κ3) is 5.21. The first kappa shape index (κ1) is 20.9. The molecule has 158 valence electrons. The first-order valence-electron chi connectivity index (χ1n) is 10.2. The van der Waals surface area contributed by atoms with E-state index in [9.17, 15) is 0 Å². The molecule has 1 heterocycles. The number of ether oxygens (including phenoxy) is 2. The highest BCUT2D eigenvalue weighted by atomic mass is 16.5. The zero-order valence-electron chi connectivity index (χ0n) is 17.9. The van der Waals surface area contributed by atoms with Crippen LogP contribution in [0.15, 0.2) is 79.0 Å². The van der Waals surface area contributed by atoms with Gasteiger partial charge in [0.2, 0.25) is 11.8 Å². The second-order valence-electron chi connectivity index (χ2n) is 7.30. The first-order valence-corrected chi connectivity index (χ1v) is 10.2. The van der Waals surface area contributed by atoms with Crippen LogP contribution in [0.4, 0.5) is 11.6 Å². The van der Waals surface area contributed by atoms with E-state index in [0.29, 0.717) is 24.0 Å². The van der Waals surface area contributed by atoms with Gasteiger partial charge in [-0.05, 0) is 79.1 Å². The van der Waals surface area contributed by atoms with Gasteiger partial charge in [0.15, 0.2) is 0 Å². The van der Waals surface area contributed by atoms with Gasteiger partial charge < -0.3 is 14.8 Å². The number of hydrogen-bond acceptors (Lipinski definition) is 6. The Bertz CT molecular complexity index is 1230. The van der Waals surface area contributed by atoms with E-state index >= 15 is 0 Å². The van der Waals surface area contributed by atoms with Gasteiger partial charge in [0.1, 0.15) is 18.1 Å². The molecule has 1 N–H and O–H groups in total. The van der Waals surface area contributed by atoms with Crippen LogP contribution in [0.1, 0.15) is 22.3 Å². The lowest BCUT2D eigenvalue weighted by atomic mass is 10.1. The Hall–Kier alpha value is -4.37. The number of nitrogens with one attached hydrogen (secondary N) is 1. The lowest BCUT2D eigenvalue weighted by Crippen LogP contribution is -2.01. The van der Waals surface area contributed by atoms with E-state index in [-0.39, 0.29) is 0 Å². The Morgan fingerprint density at radius 1 is 0.938 bits per heavy atom. The molecule has 0 amide bonds. The van der Waals surface area contributed by atoms with E-state index in [0.717, 1.165) is 33.9 Å². The summed E-state index contributed by atoms with van der Waals surface area (Å²) in [6.45, 7) is 4.50. The van der Waals surface area contributed by atoms with E-state index in [1.165, 1.54) is 0 Å². The number of benzene rings is 3. The smallest absolute Gasteiger partial charge is 0.230 e.